The van der Waals surface area contributed by atoms with Crippen molar-refractivity contribution >= 4 is 26.9 Å². The lowest BCUT2D eigenvalue weighted by Gasteiger charge is -2.10. The minimum Gasteiger partial charge on any atom is -0.473 e. The lowest BCUT2D eigenvalue weighted by Crippen LogP contribution is -2.06. The number of aromatic nitrogens is 1. The van der Waals surface area contributed by atoms with Crippen molar-refractivity contribution in [2.24, 2.45) is 0 Å². The fraction of sp³-hybridized carbons (Fsp3) is 0.308. The second-order valence-electron chi connectivity index (χ2n) is 4.38. The molecule has 2 rings (SSSR count). The van der Waals surface area contributed by atoms with Gasteiger partial charge in [-0.3, -0.25) is 0 Å². The Kier molecular flexibility index (Phi) is 4.61. The van der Waals surface area contributed by atoms with Gasteiger partial charge in [-0.05, 0) is 11.6 Å². The second kappa shape index (κ2) is 6.23. The quantitative estimate of drug-likeness (QED) is 0.886. The highest BCUT2D eigenvalue weighted by molar-refractivity contribution is 7.89. The number of thiazole rings is 1. The molecule has 1 heterocycles. The van der Waals surface area contributed by atoms with Gasteiger partial charge in [-0.1, -0.05) is 29.5 Å². The maximum Gasteiger partial charge on any atom is 0.273 e. The molecule has 1 aromatic heterocycles. The minimum atomic E-state index is -3.05. The van der Waals surface area contributed by atoms with Crippen LogP contribution in [0.1, 0.15) is 10.4 Å². The normalized spacial score (nSPS) is 11.3. The summed E-state index contributed by atoms with van der Waals surface area (Å²) in [5.41, 5.74) is 1.59. The number of nitrogens with zero attached hydrogens (tertiary/aromatic N) is 1. The molecule has 108 valence electrons. The molecule has 5 nitrogen and oxygen atoms in total. The van der Waals surface area contributed by atoms with Gasteiger partial charge in [0.05, 0.1) is 19.4 Å². The van der Waals surface area contributed by atoms with Gasteiger partial charge in [-0.15, -0.1) is 0 Å². The van der Waals surface area contributed by atoms with Crippen LogP contribution in [0, 0.1) is 0 Å². The van der Waals surface area contributed by atoms with Gasteiger partial charge >= 0.3 is 0 Å². The second-order valence-corrected chi connectivity index (χ2v) is 7.60. The molecule has 0 aliphatic rings. The average Bonchev–Trinajstić information content (AvgIpc) is 2.84. The summed E-state index contributed by atoms with van der Waals surface area (Å²) >= 11 is 1.46. The van der Waals surface area contributed by atoms with Crippen LogP contribution in [0.3, 0.4) is 0 Å². The number of anilines is 1. The zero-order valence-electron chi connectivity index (χ0n) is 11.3. The highest BCUT2D eigenvalue weighted by Gasteiger charge is 2.09. The van der Waals surface area contributed by atoms with Gasteiger partial charge in [0, 0.05) is 23.0 Å². The molecular weight excluding hydrogens is 296 g/mol. The van der Waals surface area contributed by atoms with Crippen LogP contribution in [0.25, 0.3) is 0 Å². The van der Waals surface area contributed by atoms with Crippen molar-refractivity contribution in [3.8, 4) is 5.19 Å². The molecule has 2 aromatic rings. The molecule has 0 bridgehead atoms. The molecule has 0 aliphatic carbocycles. The van der Waals surface area contributed by atoms with E-state index >= 15 is 0 Å². The molecule has 0 spiro atoms. The van der Waals surface area contributed by atoms with Crippen molar-refractivity contribution in [2.75, 3.05) is 18.7 Å². The number of rotatable bonds is 6. The molecule has 0 unspecified atom stereocenters. The minimum absolute atomic E-state index is 0.0299. The predicted molar refractivity (Wildman–Crippen MR) is 81.0 cm³/mol. The molecule has 0 fully saturated rings. The van der Waals surface area contributed by atoms with Gasteiger partial charge in [-0.2, -0.15) is 0 Å². The molecule has 7 heteroatoms. The monoisotopic (exact) mass is 312 g/mol. The van der Waals surface area contributed by atoms with Crippen LogP contribution in [-0.2, 0) is 22.1 Å². The first-order chi connectivity index (χ1) is 9.48. The maximum absolute atomic E-state index is 11.4. The van der Waals surface area contributed by atoms with Crippen molar-refractivity contribution in [3.05, 3.63) is 40.9 Å². The van der Waals surface area contributed by atoms with Crippen LogP contribution in [0.4, 0.5) is 5.69 Å². The van der Waals surface area contributed by atoms with Crippen molar-refractivity contribution in [1.82, 2.24) is 4.98 Å². The van der Waals surface area contributed by atoms with Gasteiger partial charge in [0.2, 0.25) is 0 Å². The lowest BCUT2D eigenvalue weighted by atomic mass is 10.2. The number of methoxy groups -OCH3 is 1. The SMILES string of the molecule is COc1ncc(CNc2ccccc2CS(C)(=O)=O)s1. The fourth-order valence-corrected chi connectivity index (χ4v) is 3.23. The highest BCUT2D eigenvalue weighted by Crippen LogP contribution is 2.23. The Morgan fingerprint density at radius 3 is 2.75 bits per heavy atom. The Morgan fingerprint density at radius 2 is 2.10 bits per heavy atom. The molecule has 1 N–H and O–H groups in total. The number of sulfone groups is 1. The largest absolute Gasteiger partial charge is 0.473 e. The Hall–Kier alpha value is -1.60. The number of nitrogens with one attached hydrogen (secondary N) is 1. The average molecular weight is 312 g/mol. The number of hydrogen-bond donors (Lipinski definition) is 1. The molecule has 0 atom stereocenters. The Labute approximate surface area is 122 Å². The summed E-state index contributed by atoms with van der Waals surface area (Å²) < 4.78 is 27.9. The maximum atomic E-state index is 11.4. The summed E-state index contributed by atoms with van der Waals surface area (Å²) in [5, 5.41) is 3.86. The van der Waals surface area contributed by atoms with E-state index in [0.29, 0.717) is 11.7 Å². The van der Waals surface area contributed by atoms with Gasteiger partial charge < -0.3 is 10.1 Å². The van der Waals surface area contributed by atoms with Crippen LogP contribution < -0.4 is 10.1 Å². The van der Waals surface area contributed by atoms with Gasteiger partial charge in [0.15, 0.2) is 9.84 Å². The molecule has 20 heavy (non-hydrogen) atoms. The van der Waals surface area contributed by atoms with E-state index in [2.05, 4.69) is 10.3 Å². The van der Waals surface area contributed by atoms with Gasteiger partial charge in [0.25, 0.3) is 5.19 Å². The van der Waals surface area contributed by atoms with Crippen molar-refractivity contribution in [1.29, 1.82) is 0 Å². The third-order valence-corrected chi connectivity index (χ3v) is 4.39. The van der Waals surface area contributed by atoms with E-state index in [4.69, 9.17) is 4.74 Å². The van der Waals surface area contributed by atoms with Crippen LogP contribution in [0.5, 0.6) is 5.19 Å². The summed E-state index contributed by atoms with van der Waals surface area (Å²) in [6.45, 7) is 0.585. The Morgan fingerprint density at radius 1 is 1.35 bits per heavy atom. The summed E-state index contributed by atoms with van der Waals surface area (Å²) in [5.74, 6) is 0.0299. The Bertz CT molecular complexity index is 680. The zero-order valence-corrected chi connectivity index (χ0v) is 12.9. The van der Waals surface area contributed by atoms with Crippen LogP contribution in [-0.4, -0.2) is 26.8 Å². The molecule has 0 amide bonds. The third-order valence-electron chi connectivity index (χ3n) is 2.60. The Balaban J connectivity index is 2.09. The summed E-state index contributed by atoms with van der Waals surface area (Å²) in [6.07, 6.45) is 2.98. The van der Waals surface area contributed by atoms with E-state index in [1.165, 1.54) is 17.6 Å². The lowest BCUT2D eigenvalue weighted by molar-refractivity contribution is 0.412. The molecule has 0 saturated heterocycles. The summed E-state index contributed by atoms with van der Waals surface area (Å²) in [4.78, 5) is 5.11. The first kappa shape index (κ1) is 14.8. The van der Waals surface area contributed by atoms with Crippen molar-refractivity contribution < 1.29 is 13.2 Å². The zero-order chi connectivity index (χ0) is 14.6. The van der Waals surface area contributed by atoms with E-state index in [0.717, 1.165) is 16.1 Å². The summed E-state index contributed by atoms with van der Waals surface area (Å²) in [7, 11) is -1.47. The molecular formula is C13H16N2O3S2. The molecule has 1 aromatic carbocycles. The number of para-hydroxylation sites is 1. The van der Waals surface area contributed by atoms with E-state index in [-0.39, 0.29) is 5.75 Å². The van der Waals surface area contributed by atoms with E-state index in [9.17, 15) is 8.42 Å². The number of ether oxygens (including phenoxy) is 1. The van der Waals surface area contributed by atoms with Crippen molar-refractivity contribution in [2.45, 2.75) is 12.3 Å². The van der Waals surface area contributed by atoms with E-state index in [1.54, 1.807) is 13.3 Å². The van der Waals surface area contributed by atoms with Crippen molar-refractivity contribution in [3.63, 3.8) is 0 Å². The molecule has 0 radical (unpaired) electrons. The molecule has 0 saturated carbocycles. The first-order valence-corrected chi connectivity index (χ1v) is 8.84. The highest BCUT2D eigenvalue weighted by atomic mass is 32.2. The topological polar surface area (TPSA) is 68.3 Å². The summed E-state index contributed by atoms with van der Waals surface area (Å²) in [6, 6.07) is 7.40. The third kappa shape index (κ3) is 4.21. The van der Waals surface area contributed by atoms with E-state index < -0.39 is 9.84 Å². The standard InChI is InChI=1S/C13H16N2O3S2/c1-18-13-15-8-11(19-13)7-14-12-6-4-3-5-10(12)9-20(2,16)17/h3-6,8,14H,7,9H2,1-2H3. The van der Waals surface area contributed by atoms with Crippen LogP contribution in [0.15, 0.2) is 30.5 Å². The number of hydrogen-bond acceptors (Lipinski definition) is 6. The smallest absolute Gasteiger partial charge is 0.273 e. The van der Waals surface area contributed by atoms with Crippen LogP contribution >= 0.6 is 11.3 Å². The van der Waals surface area contributed by atoms with Crippen LogP contribution in [0.2, 0.25) is 0 Å². The fourth-order valence-electron chi connectivity index (χ4n) is 1.75. The van der Waals surface area contributed by atoms with Gasteiger partial charge in [0.1, 0.15) is 0 Å². The number of benzene rings is 1. The van der Waals surface area contributed by atoms with Gasteiger partial charge in [-0.25, -0.2) is 13.4 Å². The predicted octanol–water partition coefficient (Wildman–Crippen LogP) is 2.31. The molecule has 0 aliphatic heterocycles. The first-order valence-electron chi connectivity index (χ1n) is 5.96. The van der Waals surface area contributed by atoms with E-state index in [1.807, 2.05) is 24.3 Å².